The third-order valence-electron chi connectivity index (χ3n) is 3.65. The van der Waals surface area contributed by atoms with Gasteiger partial charge in [0, 0.05) is 6.20 Å². The number of fused-ring (bicyclic) bond motifs is 2. The fourth-order valence-electron chi connectivity index (χ4n) is 2.67. The van der Waals surface area contributed by atoms with Gasteiger partial charge in [0.2, 0.25) is 5.91 Å². The van der Waals surface area contributed by atoms with Crippen LogP contribution in [0.4, 0.5) is 5.82 Å². The lowest BCUT2D eigenvalue weighted by atomic mass is 9.82. The molecule has 6 nitrogen and oxygen atoms in total. The number of pyridine rings is 1. The van der Waals surface area contributed by atoms with Gasteiger partial charge in [-0.25, -0.2) is 4.98 Å². The van der Waals surface area contributed by atoms with Gasteiger partial charge in [0.15, 0.2) is 0 Å². The highest BCUT2D eigenvalue weighted by molar-refractivity contribution is 5.96. The third-order valence-corrected chi connectivity index (χ3v) is 3.65. The molecule has 2 bridgehead atoms. The van der Waals surface area contributed by atoms with E-state index in [0.29, 0.717) is 5.82 Å². The van der Waals surface area contributed by atoms with Gasteiger partial charge >= 0.3 is 5.97 Å². The Morgan fingerprint density at radius 2 is 1.95 bits per heavy atom. The Morgan fingerprint density at radius 3 is 2.55 bits per heavy atom. The minimum Gasteiger partial charge on any atom is -0.481 e. The second-order valence-electron chi connectivity index (χ2n) is 5.05. The van der Waals surface area contributed by atoms with Gasteiger partial charge < -0.3 is 15.2 Å². The molecule has 4 atom stereocenters. The van der Waals surface area contributed by atoms with Crippen molar-refractivity contribution in [3.05, 3.63) is 36.0 Å². The zero-order valence-corrected chi connectivity index (χ0v) is 10.8. The molecule has 104 valence electrons. The monoisotopic (exact) mass is 274 g/mol. The highest BCUT2D eigenvalue weighted by Gasteiger charge is 2.53. The number of rotatable bonds is 3. The number of carbonyl (C=O) groups is 2. The first-order chi connectivity index (χ1) is 9.56. The quantitative estimate of drug-likeness (QED) is 0.802. The normalized spacial score (nSPS) is 30.4. The number of nitrogens with one attached hydrogen (secondary N) is 1. The van der Waals surface area contributed by atoms with Crippen LogP contribution in [-0.4, -0.2) is 34.2 Å². The highest BCUT2D eigenvalue weighted by atomic mass is 16.5. The molecule has 1 aromatic rings. The first-order valence-corrected chi connectivity index (χ1v) is 6.36. The minimum atomic E-state index is -1.01. The molecule has 6 heteroatoms. The summed E-state index contributed by atoms with van der Waals surface area (Å²) in [6.45, 7) is 1.90. The molecule has 1 aromatic heterocycles. The number of nitrogens with zero attached hydrogens (tertiary/aromatic N) is 1. The van der Waals surface area contributed by atoms with Crippen molar-refractivity contribution >= 4 is 17.7 Å². The van der Waals surface area contributed by atoms with Gasteiger partial charge in [-0.05, 0) is 18.6 Å². The predicted molar refractivity (Wildman–Crippen MR) is 70.0 cm³/mol. The third kappa shape index (κ3) is 2.08. The lowest BCUT2D eigenvalue weighted by molar-refractivity contribution is -0.145. The molecule has 2 aliphatic rings. The maximum absolute atomic E-state index is 12.3. The van der Waals surface area contributed by atoms with Gasteiger partial charge in [-0.15, -0.1) is 0 Å². The van der Waals surface area contributed by atoms with Crippen LogP contribution in [0.1, 0.15) is 5.56 Å². The topological polar surface area (TPSA) is 88.5 Å². The van der Waals surface area contributed by atoms with E-state index in [2.05, 4.69) is 10.3 Å². The minimum absolute atomic E-state index is 0.370. The summed E-state index contributed by atoms with van der Waals surface area (Å²) in [5.74, 6) is -2.53. The van der Waals surface area contributed by atoms with Crippen LogP contribution in [0.5, 0.6) is 0 Å². The number of aliphatic carboxylic acids is 1. The van der Waals surface area contributed by atoms with Crippen LogP contribution in [0.2, 0.25) is 0 Å². The summed E-state index contributed by atoms with van der Waals surface area (Å²) >= 11 is 0. The van der Waals surface area contributed by atoms with Gasteiger partial charge in [0.25, 0.3) is 0 Å². The molecule has 2 aliphatic heterocycles. The number of anilines is 1. The SMILES string of the molecule is Cc1ccc(NC(=O)[C@@H]2[C@@H](C(=O)O)[C@H]3C=C[C@H]2O3)nc1. The zero-order valence-electron chi connectivity index (χ0n) is 10.8. The molecule has 0 spiro atoms. The average molecular weight is 274 g/mol. The molecular weight excluding hydrogens is 260 g/mol. The molecule has 20 heavy (non-hydrogen) atoms. The van der Waals surface area contributed by atoms with Gasteiger partial charge in [-0.2, -0.15) is 0 Å². The molecule has 0 saturated carbocycles. The maximum Gasteiger partial charge on any atom is 0.310 e. The van der Waals surface area contributed by atoms with E-state index in [0.717, 1.165) is 5.56 Å². The van der Waals surface area contributed by atoms with E-state index in [-0.39, 0.29) is 5.91 Å². The summed E-state index contributed by atoms with van der Waals surface area (Å²) in [4.78, 5) is 27.7. The van der Waals surface area contributed by atoms with Crippen molar-refractivity contribution in [2.24, 2.45) is 11.8 Å². The molecule has 0 unspecified atom stereocenters. The van der Waals surface area contributed by atoms with Crippen molar-refractivity contribution in [3.8, 4) is 0 Å². The van der Waals surface area contributed by atoms with Crippen LogP contribution < -0.4 is 5.32 Å². The molecule has 0 aliphatic carbocycles. The Balaban J connectivity index is 1.78. The summed E-state index contributed by atoms with van der Waals surface area (Å²) in [6.07, 6.45) is 4.11. The standard InChI is InChI=1S/C14H14N2O4/c1-7-2-5-10(15-6-7)16-13(17)11-8-3-4-9(20-8)12(11)14(18)19/h2-6,8-9,11-12H,1H3,(H,18,19)(H,15,16,17)/t8-,9-,11+,12+/m1/s1. The molecule has 0 radical (unpaired) electrons. The van der Waals surface area contributed by atoms with E-state index in [1.807, 2.05) is 13.0 Å². The molecule has 1 saturated heterocycles. The van der Waals surface area contributed by atoms with Gasteiger partial charge in [0.1, 0.15) is 11.7 Å². The van der Waals surface area contributed by atoms with Crippen LogP contribution in [-0.2, 0) is 14.3 Å². The predicted octanol–water partition coefficient (Wildman–Crippen LogP) is 0.983. The molecule has 2 N–H and O–H groups in total. The van der Waals surface area contributed by atoms with Gasteiger partial charge in [0.05, 0.1) is 18.1 Å². The number of amides is 1. The second-order valence-corrected chi connectivity index (χ2v) is 5.05. The van der Waals surface area contributed by atoms with Crippen molar-refractivity contribution in [1.82, 2.24) is 4.98 Å². The number of hydrogen-bond acceptors (Lipinski definition) is 4. The Bertz CT molecular complexity index is 581. The number of carbonyl (C=O) groups excluding carboxylic acids is 1. The maximum atomic E-state index is 12.3. The summed E-state index contributed by atoms with van der Waals surface area (Å²) in [7, 11) is 0. The number of aryl methyl sites for hydroxylation is 1. The van der Waals surface area contributed by atoms with Gasteiger partial charge in [-0.3, -0.25) is 9.59 Å². The number of aromatic nitrogens is 1. The highest BCUT2D eigenvalue weighted by Crippen LogP contribution is 2.39. The van der Waals surface area contributed by atoms with Gasteiger partial charge in [-0.1, -0.05) is 18.2 Å². The smallest absolute Gasteiger partial charge is 0.310 e. The van der Waals surface area contributed by atoms with E-state index >= 15 is 0 Å². The first kappa shape index (κ1) is 12.8. The number of hydrogen-bond donors (Lipinski definition) is 2. The lowest BCUT2D eigenvalue weighted by Crippen LogP contribution is -2.39. The lowest BCUT2D eigenvalue weighted by Gasteiger charge is -2.20. The summed E-state index contributed by atoms with van der Waals surface area (Å²) in [5.41, 5.74) is 0.984. The van der Waals surface area contributed by atoms with E-state index in [4.69, 9.17) is 4.74 Å². The summed E-state index contributed by atoms with van der Waals surface area (Å²) in [6, 6.07) is 3.52. The molecule has 1 fully saturated rings. The summed E-state index contributed by atoms with van der Waals surface area (Å²) < 4.78 is 5.46. The Kier molecular flexibility index (Phi) is 3.02. The van der Waals surface area contributed by atoms with E-state index in [1.165, 1.54) is 0 Å². The van der Waals surface area contributed by atoms with E-state index in [9.17, 15) is 14.7 Å². The first-order valence-electron chi connectivity index (χ1n) is 6.36. The van der Waals surface area contributed by atoms with Crippen LogP contribution in [0.3, 0.4) is 0 Å². The van der Waals surface area contributed by atoms with E-state index in [1.54, 1.807) is 24.4 Å². The summed E-state index contributed by atoms with van der Waals surface area (Å²) in [5, 5.41) is 11.9. The number of carboxylic acids is 1. The Labute approximate surface area is 115 Å². The molecule has 3 heterocycles. The largest absolute Gasteiger partial charge is 0.481 e. The van der Waals surface area contributed by atoms with E-state index < -0.39 is 30.0 Å². The molecule has 0 aromatic carbocycles. The second kappa shape index (κ2) is 4.72. The van der Waals surface area contributed by atoms with Crippen molar-refractivity contribution in [1.29, 1.82) is 0 Å². The van der Waals surface area contributed by atoms with Crippen molar-refractivity contribution in [2.45, 2.75) is 19.1 Å². The molecule has 3 rings (SSSR count). The Hall–Kier alpha value is -2.21. The van der Waals surface area contributed by atoms with Crippen LogP contribution in [0.15, 0.2) is 30.5 Å². The van der Waals surface area contributed by atoms with Crippen molar-refractivity contribution < 1.29 is 19.4 Å². The van der Waals surface area contributed by atoms with Crippen LogP contribution in [0.25, 0.3) is 0 Å². The molecule has 1 amide bonds. The van der Waals surface area contributed by atoms with Crippen molar-refractivity contribution in [2.75, 3.05) is 5.32 Å². The fourth-order valence-corrected chi connectivity index (χ4v) is 2.67. The Morgan fingerprint density at radius 1 is 1.25 bits per heavy atom. The zero-order chi connectivity index (χ0) is 14.3. The number of ether oxygens (including phenoxy) is 1. The fraction of sp³-hybridized carbons (Fsp3) is 0.357. The molecular formula is C14H14N2O4. The van der Waals surface area contributed by atoms with Crippen molar-refractivity contribution in [3.63, 3.8) is 0 Å². The average Bonchev–Trinajstić information content (AvgIpc) is 3.01. The number of carboxylic acid groups (broad SMARTS) is 1. The van der Waals surface area contributed by atoms with Crippen LogP contribution >= 0.6 is 0 Å². The van der Waals surface area contributed by atoms with Crippen LogP contribution in [0, 0.1) is 18.8 Å².